The van der Waals surface area contributed by atoms with E-state index >= 15 is 0 Å². The molecule has 4 heteroatoms. The molecule has 1 aromatic rings. The summed E-state index contributed by atoms with van der Waals surface area (Å²) in [6.45, 7) is 1.70. The van der Waals surface area contributed by atoms with Crippen molar-refractivity contribution in [3.05, 3.63) is 35.9 Å². The molecule has 0 spiro atoms. The number of carbonyl (C=O) groups excluding carboxylic acids is 1. The van der Waals surface area contributed by atoms with Crippen LogP contribution in [0.4, 0.5) is 0 Å². The number of ether oxygens (including phenoxy) is 1. The minimum atomic E-state index is -0.0221. The van der Waals surface area contributed by atoms with E-state index < -0.39 is 0 Å². The van der Waals surface area contributed by atoms with E-state index in [1.165, 1.54) is 0 Å². The van der Waals surface area contributed by atoms with Gasteiger partial charge < -0.3 is 9.64 Å². The van der Waals surface area contributed by atoms with Crippen molar-refractivity contribution < 1.29 is 9.53 Å². The molecule has 0 unspecified atom stereocenters. The number of nitrogens with zero attached hydrogens (tertiary/aromatic N) is 2. The summed E-state index contributed by atoms with van der Waals surface area (Å²) < 4.78 is 5.46. The van der Waals surface area contributed by atoms with Gasteiger partial charge in [0, 0.05) is 19.4 Å². The van der Waals surface area contributed by atoms with Crippen LogP contribution in [-0.4, -0.2) is 30.6 Å². The van der Waals surface area contributed by atoms with Crippen molar-refractivity contribution in [1.29, 1.82) is 5.26 Å². The number of nitriles is 1. The Kier molecular flexibility index (Phi) is 4.32. The van der Waals surface area contributed by atoms with Gasteiger partial charge in [0.1, 0.15) is 0 Å². The number of morpholine rings is 1. The second-order valence-corrected chi connectivity index (χ2v) is 4.25. The highest BCUT2D eigenvalue weighted by Crippen LogP contribution is 2.24. The van der Waals surface area contributed by atoms with Gasteiger partial charge in [0.2, 0.25) is 5.91 Å². The monoisotopic (exact) mass is 244 g/mol. The summed E-state index contributed by atoms with van der Waals surface area (Å²) in [4.78, 5) is 13.9. The lowest BCUT2D eigenvalue weighted by Gasteiger charge is -2.36. The summed E-state index contributed by atoms with van der Waals surface area (Å²) in [7, 11) is 0. The van der Waals surface area contributed by atoms with Gasteiger partial charge in [-0.2, -0.15) is 5.26 Å². The molecular formula is C14H16N2O2. The minimum Gasteiger partial charge on any atom is -0.377 e. The van der Waals surface area contributed by atoms with Crippen LogP contribution < -0.4 is 0 Å². The number of benzene rings is 1. The third-order valence-electron chi connectivity index (χ3n) is 3.08. The fourth-order valence-electron chi connectivity index (χ4n) is 2.16. The smallest absolute Gasteiger partial charge is 0.224 e. The number of carbonyl (C=O) groups is 1. The first-order valence-corrected chi connectivity index (χ1v) is 6.12. The Morgan fingerprint density at radius 1 is 1.44 bits per heavy atom. The van der Waals surface area contributed by atoms with Crippen LogP contribution in [0.15, 0.2) is 30.3 Å². The standard InChI is InChI=1S/C14H16N2O2/c15-8-4-7-14(17)16-9-10-18-11-13(16)12-5-2-1-3-6-12/h1-3,5-6,13H,4,7,9-11H2/t13-/m1/s1. The van der Waals surface area contributed by atoms with Crippen molar-refractivity contribution in [3.63, 3.8) is 0 Å². The average Bonchev–Trinajstić information content (AvgIpc) is 2.45. The highest BCUT2D eigenvalue weighted by Gasteiger charge is 2.27. The molecule has 0 aromatic heterocycles. The summed E-state index contributed by atoms with van der Waals surface area (Å²) in [6, 6.07) is 11.9. The molecule has 0 saturated carbocycles. The normalized spacial score (nSPS) is 19.3. The van der Waals surface area contributed by atoms with Crippen molar-refractivity contribution in [2.24, 2.45) is 0 Å². The third-order valence-corrected chi connectivity index (χ3v) is 3.08. The molecule has 18 heavy (non-hydrogen) atoms. The maximum Gasteiger partial charge on any atom is 0.224 e. The van der Waals surface area contributed by atoms with Crippen LogP contribution in [0.3, 0.4) is 0 Å². The average molecular weight is 244 g/mol. The van der Waals surface area contributed by atoms with E-state index in [-0.39, 0.29) is 18.4 Å². The van der Waals surface area contributed by atoms with Gasteiger partial charge in [-0.1, -0.05) is 30.3 Å². The van der Waals surface area contributed by atoms with Crippen LogP contribution in [0.1, 0.15) is 24.4 Å². The number of hydrogen-bond acceptors (Lipinski definition) is 3. The van der Waals surface area contributed by atoms with E-state index in [4.69, 9.17) is 10.00 Å². The molecule has 0 aliphatic carbocycles. The molecule has 0 radical (unpaired) electrons. The lowest BCUT2D eigenvalue weighted by atomic mass is 10.0. The second kappa shape index (κ2) is 6.18. The first kappa shape index (κ1) is 12.6. The van der Waals surface area contributed by atoms with E-state index in [2.05, 4.69) is 0 Å². The Morgan fingerprint density at radius 2 is 2.22 bits per heavy atom. The molecule has 1 amide bonds. The number of amides is 1. The zero-order valence-corrected chi connectivity index (χ0v) is 10.2. The first-order valence-electron chi connectivity index (χ1n) is 6.12. The Bertz CT molecular complexity index is 439. The van der Waals surface area contributed by atoms with Crippen LogP contribution in [0, 0.1) is 11.3 Å². The van der Waals surface area contributed by atoms with Crippen molar-refractivity contribution in [1.82, 2.24) is 4.90 Å². The fraction of sp³-hybridized carbons (Fsp3) is 0.429. The number of hydrogen-bond donors (Lipinski definition) is 0. The predicted octanol–water partition coefficient (Wildman–Crippen LogP) is 1.89. The second-order valence-electron chi connectivity index (χ2n) is 4.25. The van der Waals surface area contributed by atoms with Gasteiger partial charge in [-0.3, -0.25) is 4.79 Å². The summed E-state index contributed by atoms with van der Waals surface area (Å²) >= 11 is 0. The Hall–Kier alpha value is -1.86. The van der Waals surface area contributed by atoms with Crippen LogP contribution in [0.2, 0.25) is 0 Å². The molecular weight excluding hydrogens is 228 g/mol. The molecule has 0 N–H and O–H groups in total. The maximum atomic E-state index is 12.1. The molecule has 1 aliphatic rings. The first-order chi connectivity index (χ1) is 8.83. The third kappa shape index (κ3) is 2.88. The molecule has 0 bridgehead atoms. The van der Waals surface area contributed by atoms with Gasteiger partial charge in [0.05, 0.1) is 25.3 Å². The fourth-order valence-corrected chi connectivity index (χ4v) is 2.16. The van der Waals surface area contributed by atoms with Gasteiger partial charge in [0.25, 0.3) is 0 Å². The molecule has 1 fully saturated rings. The highest BCUT2D eigenvalue weighted by atomic mass is 16.5. The van der Waals surface area contributed by atoms with E-state index in [1.807, 2.05) is 41.3 Å². The molecule has 2 rings (SSSR count). The highest BCUT2D eigenvalue weighted by molar-refractivity contribution is 5.77. The van der Waals surface area contributed by atoms with Crippen molar-refractivity contribution in [2.75, 3.05) is 19.8 Å². The van der Waals surface area contributed by atoms with Crippen LogP contribution >= 0.6 is 0 Å². The van der Waals surface area contributed by atoms with E-state index in [1.54, 1.807) is 0 Å². The summed E-state index contributed by atoms with van der Waals surface area (Å²) in [5.41, 5.74) is 1.09. The molecule has 1 aromatic carbocycles. The maximum absolute atomic E-state index is 12.1. The van der Waals surface area contributed by atoms with Gasteiger partial charge in [0.15, 0.2) is 0 Å². The van der Waals surface area contributed by atoms with Gasteiger partial charge in [-0.15, -0.1) is 0 Å². The topological polar surface area (TPSA) is 53.3 Å². The van der Waals surface area contributed by atoms with Crippen molar-refractivity contribution in [2.45, 2.75) is 18.9 Å². The quantitative estimate of drug-likeness (QED) is 0.815. The summed E-state index contributed by atoms with van der Waals surface area (Å²) in [5, 5.41) is 8.55. The van der Waals surface area contributed by atoms with Gasteiger partial charge in [-0.25, -0.2) is 0 Å². The molecule has 1 atom stereocenters. The van der Waals surface area contributed by atoms with Gasteiger partial charge in [-0.05, 0) is 5.56 Å². The summed E-state index contributed by atoms with van der Waals surface area (Å²) in [5.74, 6) is 0.0358. The minimum absolute atomic E-state index is 0.0221. The lowest BCUT2D eigenvalue weighted by molar-refractivity contribution is -0.140. The van der Waals surface area contributed by atoms with E-state index in [9.17, 15) is 4.79 Å². The van der Waals surface area contributed by atoms with Crippen LogP contribution in [0.25, 0.3) is 0 Å². The zero-order chi connectivity index (χ0) is 12.8. The zero-order valence-electron chi connectivity index (χ0n) is 10.2. The van der Waals surface area contributed by atoms with E-state index in [0.29, 0.717) is 26.2 Å². The Labute approximate surface area is 107 Å². The van der Waals surface area contributed by atoms with Crippen LogP contribution in [0.5, 0.6) is 0 Å². The van der Waals surface area contributed by atoms with Crippen LogP contribution in [-0.2, 0) is 9.53 Å². The Balaban J connectivity index is 2.11. The van der Waals surface area contributed by atoms with Crippen molar-refractivity contribution in [3.8, 4) is 6.07 Å². The Morgan fingerprint density at radius 3 is 2.94 bits per heavy atom. The molecule has 94 valence electrons. The molecule has 1 saturated heterocycles. The van der Waals surface area contributed by atoms with E-state index in [0.717, 1.165) is 5.56 Å². The summed E-state index contributed by atoms with van der Waals surface area (Å²) in [6.07, 6.45) is 0.567. The molecule has 1 heterocycles. The molecule has 1 aliphatic heterocycles. The predicted molar refractivity (Wildman–Crippen MR) is 66.6 cm³/mol. The van der Waals surface area contributed by atoms with Gasteiger partial charge >= 0.3 is 0 Å². The number of rotatable bonds is 3. The largest absolute Gasteiger partial charge is 0.377 e. The van der Waals surface area contributed by atoms with Crippen molar-refractivity contribution >= 4 is 5.91 Å². The molecule has 4 nitrogen and oxygen atoms in total. The lowest BCUT2D eigenvalue weighted by Crippen LogP contribution is -2.43. The SMILES string of the molecule is N#CCCC(=O)N1CCOC[C@@H]1c1ccccc1.